The lowest BCUT2D eigenvalue weighted by molar-refractivity contribution is -0.384. The largest absolute Gasteiger partial charge is 0.351 e. The summed E-state index contributed by atoms with van der Waals surface area (Å²) in [6, 6.07) is 11.4. The first-order chi connectivity index (χ1) is 14.8. The summed E-state index contributed by atoms with van der Waals surface area (Å²) in [6.45, 7) is 5.23. The number of amides is 2. The minimum atomic E-state index is -0.729. The lowest BCUT2D eigenvalue weighted by Crippen LogP contribution is -2.43. The number of ether oxygens (including phenoxy) is 2. The number of hydrogen-bond acceptors (Lipinski definition) is 6. The zero-order valence-corrected chi connectivity index (χ0v) is 17.2. The van der Waals surface area contributed by atoms with Gasteiger partial charge in [-0.1, -0.05) is 26.0 Å². The highest BCUT2D eigenvalue weighted by Gasteiger charge is 2.45. The van der Waals surface area contributed by atoms with Gasteiger partial charge in [0.05, 0.1) is 24.7 Å². The molecule has 1 atom stereocenters. The maximum absolute atomic E-state index is 13.4. The zero-order valence-electron chi connectivity index (χ0n) is 17.2. The van der Waals surface area contributed by atoms with Crippen molar-refractivity contribution in [1.29, 1.82) is 0 Å². The highest BCUT2D eigenvalue weighted by Crippen LogP contribution is 2.44. The van der Waals surface area contributed by atoms with E-state index in [0.717, 1.165) is 5.56 Å². The Balaban J connectivity index is 1.65. The van der Waals surface area contributed by atoms with E-state index in [2.05, 4.69) is 5.32 Å². The number of carbonyl (C=O) groups excluding carboxylic acids is 2. The Kier molecular flexibility index (Phi) is 5.47. The van der Waals surface area contributed by atoms with Gasteiger partial charge in [0.2, 0.25) is 12.3 Å². The van der Waals surface area contributed by atoms with Crippen LogP contribution in [0.3, 0.4) is 0 Å². The predicted octanol–water partition coefficient (Wildman–Crippen LogP) is 3.19. The van der Waals surface area contributed by atoms with Gasteiger partial charge in [-0.3, -0.25) is 19.7 Å². The Hall–Kier alpha value is -3.30. The van der Waals surface area contributed by atoms with E-state index in [0.29, 0.717) is 36.6 Å². The monoisotopic (exact) mass is 425 g/mol. The number of nitro benzene ring substituents is 1. The van der Waals surface area contributed by atoms with Gasteiger partial charge in [0, 0.05) is 28.9 Å². The van der Waals surface area contributed by atoms with E-state index in [4.69, 9.17) is 9.47 Å². The Morgan fingerprint density at radius 3 is 2.48 bits per heavy atom. The SMILES string of the molecule is CC1(C)COC(C2C(=O)N(Cc3ccc([N+](=O)[O-])cc3)c3ccc(NC=O)cc32)OC1. The third-order valence-corrected chi connectivity index (χ3v) is 5.45. The van der Waals surface area contributed by atoms with Crippen molar-refractivity contribution in [2.24, 2.45) is 5.41 Å². The van der Waals surface area contributed by atoms with E-state index in [1.54, 1.807) is 35.2 Å². The summed E-state index contributed by atoms with van der Waals surface area (Å²) < 4.78 is 11.8. The van der Waals surface area contributed by atoms with Crippen molar-refractivity contribution < 1.29 is 24.0 Å². The Morgan fingerprint density at radius 1 is 1.19 bits per heavy atom. The van der Waals surface area contributed by atoms with E-state index in [-0.39, 0.29) is 23.6 Å². The highest BCUT2D eigenvalue weighted by molar-refractivity contribution is 6.05. The molecule has 31 heavy (non-hydrogen) atoms. The van der Waals surface area contributed by atoms with E-state index in [1.807, 2.05) is 13.8 Å². The van der Waals surface area contributed by atoms with Crippen molar-refractivity contribution in [2.45, 2.75) is 32.6 Å². The molecule has 1 N–H and O–H groups in total. The molecule has 0 saturated carbocycles. The van der Waals surface area contributed by atoms with Crippen LogP contribution in [0.5, 0.6) is 0 Å². The summed E-state index contributed by atoms with van der Waals surface area (Å²) >= 11 is 0. The van der Waals surface area contributed by atoms with Gasteiger partial charge in [0.15, 0.2) is 6.29 Å². The molecule has 9 nitrogen and oxygen atoms in total. The molecule has 0 aromatic heterocycles. The number of non-ortho nitro benzene ring substituents is 1. The molecule has 2 aliphatic rings. The molecule has 0 spiro atoms. The maximum Gasteiger partial charge on any atom is 0.269 e. The molecular weight excluding hydrogens is 402 g/mol. The topological polar surface area (TPSA) is 111 Å². The molecule has 2 aliphatic heterocycles. The van der Waals surface area contributed by atoms with Gasteiger partial charge < -0.3 is 19.7 Å². The van der Waals surface area contributed by atoms with Crippen LogP contribution >= 0.6 is 0 Å². The summed E-state index contributed by atoms with van der Waals surface area (Å²) in [5.41, 5.74) is 2.59. The molecule has 0 aliphatic carbocycles. The second kappa shape index (κ2) is 8.09. The Morgan fingerprint density at radius 2 is 1.87 bits per heavy atom. The standard InChI is InChI=1S/C22H23N3O6/c1-22(2)11-30-21(31-12-22)19-17-9-15(23-13-26)5-8-18(17)24(20(19)27)10-14-3-6-16(7-4-14)25(28)29/h3-9,13,19,21H,10-12H2,1-2H3,(H,23,26). The molecule has 9 heteroatoms. The van der Waals surface area contributed by atoms with Crippen LogP contribution in [0.25, 0.3) is 0 Å². The number of nitro groups is 1. The molecule has 0 bridgehead atoms. The van der Waals surface area contributed by atoms with E-state index in [9.17, 15) is 19.7 Å². The van der Waals surface area contributed by atoms with Gasteiger partial charge in [-0.05, 0) is 29.3 Å². The van der Waals surface area contributed by atoms with Crippen LogP contribution in [0, 0.1) is 15.5 Å². The molecule has 2 aromatic carbocycles. The lowest BCUT2D eigenvalue weighted by atomic mass is 9.93. The minimum Gasteiger partial charge on any atom is -0.351 e. The van der Waals surface area contributed by atoms with Crippen molar-refractivity contribution in [3.63, 3.8) is 0 Å². The van der Waals surface area contributed by atoms with Gasteiger partial charge in [-0.25, -0.2) is 0 Å². The second-order valence-electron chi connectivity index (χ2n) is 8.52. The molecular formula is C22H23N3O6. The molecule has 1 unspecified atom stereocenters. The van der Waals surface area contributed by atoms with Gasteiger partial charge >= 0.3 is 0 Å². The number of benzene rings is 2. The van der Waals surface area contributed by atoms with Crippen LogP contribution in [0.2, 0.25) is 0 Å². The molecule has 2 amide bonds. The van der Waals surface area contributed by atoms with Crippen LogP contribution in [0.15, 0.2) is 42.5 Å². The van der Waals surface area contributed by atoms with Crippen molar-refractivity contribution >= 4 is 29.4 Å². The molecule has 2 aromatic rings. The van der Waals surface area contributed by atoms with Crippen molar-refractivity contribution in [3.8, 4) is 0 Å². The van der Waals surface area contributed by atoms with Gasteiger partial charge in [0.1, 0.15) is 5.92 Å². The lowest BCUT2D eigenvalue weighted by Gasteiger charge is -2.36. The first-order valence-electron chi connectivity index (χ1n) is 9.91. The fourth-order valence-corrected chi connectivity index (χ4v) is 3.86. The van der Waals surface area contributed by atoms with Crippen LogP contribution in [-0.2, 0) is 25.6 Å². The highest BCUT2D eigenvalue weighted by atomic mass is 16.7. The predicted molar refractivity (Wildman–Crippen MR) is 113 cm³/mol. The van der Waals surface area contributed by atoms with Crippen LogP contribution in [0.1, 0.15) is 30.9 Å². The first kappa shape index (κ1) is 21.0. The number of anilines is 2. The molecule has 1 saturated heterocycles. The van der Waals surface area contributed by atoms with Crippen molar-refractivity contribution in [1.82, 2.24) is 0 Å². The molecule has 1 fully saturated rings. The molecule has 162 valence electrons. The van der Waals surface area contributed by atoms with Gasteiger partial charge in [-0.15, -0.1) is 0 Å². The average Bonchev–Trinajstić information content (AvgIpc) is 3.00. The fraction of sp³-hybridized carbons (Fsp3) is 0.364. The maximum atomic E-state index is 13.4. The quantitative estimate of drug-likeness (QED) is 0.432. The van der Waals surface area contributed by atoms with E-state index >= 15 is 0 Å². The van der Waals surface area contributed by atoms with Crippen LogP contribution in [0.4, 0.5) is 17.1 Å². The summed E-state index contributed by atoms with van der Waals surface area (Å²) in [4.78, 5) is 36.4. The number of hydrogen-bond donors (Lipinski definition) is 1. The Labute approximate surface area is 179 Å². The van der Waals surface area contributed by atoms with Gasteiger partial charge in [-0.2, -0.15) is 0 Å². The minimum absolute atomic E-state index is 0.00836. The van der Waals surface area contributed by atoms with Gasteiger partial charge in [0.25, 0.3) is 5.69 Å². The number of nitrogens with one attached hydrogen (secondary N) is 1. The van der Waals surface area contributed by atoms with E-state index < -0.39 is 17.1 Å². The molecule has 2 heterocycles. The fourth-order valence-electron chi connectivity index (χ4n) is 3.86. The van der Waals surface area contributed by atoms with Crippen molar-refractivity contribution in [2.75, 3.05) is 23.4 Å². The molecule has 4 rings (SSSR count). The number of rotatable bonds is 6. The van der Waals surface area contributed by atoms with E-state index in [1.165, 1.54) is 12.1 Å². The van der Waals surface area contributed by atoms with Crippen LogP contribution in [-0.4, -0.2) is 36.7 Å². The summed E-state index contributed by atoms with van der Waals surface area (Å²) in [6.07, 6.45) is -0.147. The average molecular weight is 425 g/mol. The first-order valence-corrected chi connectivity index (χ1v) is 9.91. The summed E-state index contributed by atoms with van der Waals surface area (Å²) in [7, 11) is 0. The van der Waals surface area contributed by atoms with Crippen molar-refractivity contribution in [3.05, 3.63) is 63.7 Å². The van der Waals surface area contributed by atoms with Crippen LogP contribution < -0.4 is 10.2 Å². The molecule has 0 radical (unpaired) electrons. The normalized spacial score (nSPS) is 20.4. The number of nitrogens with zero attached hydrogens (tertiary/aromatic N) is 2. The Bertz CT molecular complexity index is 1010. The summed E-state index contributed by atoms with van der Waals surface area (Å²) in [5, 5.41) is 13.5. The number of carbonyl (C=O) groups is 2. The zero-order chi connectivity index (χ0) is 22.2. The second-order valence-corrected chi connectivity index (χ2v) is 8.52. The third-order valence-electron chi connectivity index (χ3n) is 5.45. The number of fused-ring (bicyclic) bond motifs is 1. The smallest absolute Gasteiger partial charge is 0.269 e. The third kappa shape index (κ3) is 4.14. The summed E-state index contributed by atoms with van der Waals surface area (Å²) in [5.74, 6) is -0.848.